The largest absolute Gasteiger partial charge is 0.493 e. The van der Waals surface area contributed by atoms with E-state index in [1.54, 1.807) is 24.3 Å². The number of aliphatic hydroxyl groups is 1. The van der Waals surface area contributed by atoms with E-state index in [1.165, 1.54) is 18.9 Å². The maximum Gasteiger partial charge on any atom is 0.348 e. The van der Waals surface area contributed by atoms with Gasteiger partial charge in [-0.1, -0.05) is 12.1 Å². The van der Waals surface area contributed by atoms with Gasteiger partial charge in [0, 0.05) is 25.9 Å². The second-order valence-electron chi connectivity index (χ2n) is 5.55. The summed E-state index contributed by atoms with van der Waals surface area (Å²) in [5, 5.41) is 19.0. The van der Waals surface area contributed by atoms with Crippen molar-refractivity contribution in [1.29, 1.82) is 0 Å². The van der Waals surface area contributed by atoms with E-state index in [0.29, 0.717) is 11.5 Å². The molecular weight excluding hydrogens is 302 g/mol. The molecule has 1 atom stereocenters. The minimum Gasteiger partial charge on any atom is -0.493 e. The van der Waals surface area contributed by atoms with Crippen LogP contribution in [0.2, 0.25) is 0 Å². The van der Waals surface area contributed by atoms with E-state index in [4.69, 9.17) is 9.47 Å². The van der Waals surface area contributed by atoms with E-state index in [9.17, 15) is 19.8 Å². The number of benzene rings is 1. The average molecular weight is 323 g/mol. The molecule has 1 aliphatic heterocycles. The molecule has 2 rings (SSSR count). The summed E-state index contributed by atoms with van der Waals surface area (Å²) in [6, 6.07) is 6.84. The van der Waals surface area contributed by atoms with Crippen molar-refractivity contribution in [3.8, 4) is 11.5 Å². The second kappa shape index (κ2) is 6.87. The zero-order valence-corrected chi connectivity index (χ0v) is 13.2. The molecule has 126 valence electrons. The first-order chi connectivity index (χ1) is 10.9. The molecule has 7 heteroatoms. The third kappa shape index (κ3) is 3.56. The number of amides is 1. The smallest absolute Gasteiger partial charge is 0.348 e. The Balaban J connectivity index is 2.16. The van der Waals surface area contributed by atoms with Gasteiger partial charge in [-0.25, -0.2) is 4.79 Å². The molecule has 0 spiro atoms. The third-order valence-corrected chi connectivity index (χ3v) is 4.00. The van der Waals surface area contributed by atoms with Crippen molar-refractivity contribution < 1.29 is 29.3 Å². The van der Waals surface area contributed by atoms with E-state index in [2.05, 4.69) is 0 Å². The van der Waals surface area contributed by atoms with Crippen LogP contribution in [0, 0.1) is 0 Å². The van der Waals surface area contributed by atoms with Crippen molar-refractivity contribution in [1.82, 2.24) is 4.90 Å². The maximum absolute atomic E-state index is 11.8. The predicted molar refractivity (Wildman–Crippen MR) is 81.5 cm³/mol. The standard InChI is InChI=1S/C16H21NO6/c1-11(18)14(19)17-9-7-16(8-10-17,15(20)21)23-13-6-4-3-5-12(13)22-2/h3-6,11,18H,7-10H2,1-2H3,(H,20,21)/t11-/m1/s1. The fourth-order valence-electron chi connectivity index (χ4n) is 2.63. The molecule has 1 fully saturated rings. The van der Waals surface area contributed by atoms with Crippen molar-refractivity contribution in [3.63, 3.8) is 0 Å². The van der Waals surface area contributed by atoms with E-state index >= 15 is 0 Å². The van der Waals surface area contributed by atoms with Gasteiger partial charge in [0.2, 0.25) is 5.60 Å². The van der Waals surface area contributed by atoms with Gasteiger partial charge in [0.25, 0.3) is 5.91 Å². The zero-order valence-electron chi connectivity index (χ0n) is 13.2. The minimum absolute atomic E-state index is 0.138. The molecule has 1 aliphatic rings. The fraction of sp³-hybridized carbons (Fsp3) is 0.500. The summed E-state index contributed by atoms with van der Waals surface area (Å²) in [5.41, 5.74) is -1.41. The van der Waals surface area contributed by atoms with Gasteiger partial charge in [-0.05, 0) is 19.1 Å². The van der Waals surface area contributed by atoms with Crippen LogP contribution >= 0.6 is 0 Å². The minimum atomic E-state index is -1.41. The Morgan fingerprint density at radius 1 is 1.22 bits per heavy atom. The number of carboxylic acids is 1. The molecule has 1 saturated heterocycles. The topological polar surface area (TPSA) is 96.3 Å². The molecular formula is C16H21NO6. The van der Waals surface area contributed by atoms with Crippen molar-refractivity contribution in [2.75, 3.05) is 20.2 Å². The Labute approximate surface area is 134 Å². The Morgan fingerprint density at radius 2 is 1.78 bits per heavy atom. The Hall–Kier alpha value is -2.28. The highest BCUT2D eigenvalue weighted by Gasteiger charge is 2.45. The Bertz CT molecular complexity index is 578. The van der Waals surface area contributed by atoms with Gasteiger partial charge in [0.15, 0.2) is 11.5 Å². The number of carbonyl (C=O) groups is 2. The monoisotopic (exact) mass is 323 g/mol. The Kier molecular flexibility index (Phi) is 5.10. The van der Waals surface area contributed by atoms with Gasteiger partial charge < -0.3 is 24.6 Å². The SMILES string of the molecule is COc1ccccc1OC1(C(=O)O)CCN(C(=O)[C@@H](C)O)CC1. The number of carbonyl (C=O) groups excluding carboxylic acids is 1. The number of hydrogen-bond acceptors (Lipinski definition) is 5. The molecule has 0 aromatic heterocycles. The molecule has 1 heterocycles. The number of para-hydroxylation sites is 2. The highest BCUT2D eigenvalue weighted by Crippen LogP contribution is 2.34. The van der Waals surface area contributed by atoms with Crippen LogP contribution in [0.5, 0.6) is 11.5 Å². The summed E-state index contributed by atoms with van der Waals surface area (Å²) in [4.78, 5) is 25.0. The average Bonchev–Trinajstić information content (AvgIpc) is 2.55. The zero-order chi connectivity index (χ0) is 17.0. The van der Waals surface area contributed by atoms with Crippen LogP contribution in [0.4, 0.5) is 0 Å². The number of aliphatic carboxylic acids is 1. The number of hydrogen-bond donors (Lipinski definition) is 2. The molecule has 0 aliphatic carbocycles. The summed E-state index contributed by atoms with van der Waals surface area (Å²) in [6.07, 6.45) is -0.819. The van der Waals surface area contributed by atoms with Crippen LogP contribution in [0.3, 0.4) is 0 Å². The summed E-state index contributed by atoms with van der Waals surface area (Å²) in [6.45, 7) is 1.82. The molecule has 0 radical (unpaired) electrons. The molecule has 1 amide bonds. The number of aliphatic hydroxyl groups excluding tert-OH is 1. The van der Waals surface area contributed by atoms with Crippen molar-refractivity contribution >= 4 is 11.9 Å². The van der Waals surface area contributed by atoms with Gasteiger partial charge >= 0.3 is 5.97 Å². The summed E-state index contributed by atoms with van der Waals surface area (Å²) in [7, 11) is 1.49. The molecule has 23 heavy (non-hydrogen) atoms. The highest BCUT2D eigenvalue weighted by molar-refractivity contribution is 5.82. The van der Waals surface area contributed by atoms with Crippen LogP contribution in [-0.2, 0) is 9.59 Å². The lowest BCUT2D eigenvalue weighted by Gasteiger charge is -2.39. The summed E-state index contributed by atoms with van der Waals surface area (Å²) in [5.74, 6) is -0.669. The molecule has 0 unspecified atom stereocenters. The van der Waals surface area contributed by atoms with Crippen LogP contribution in [0.25, 0.3) is 0 Å². The van der Waals surface area contributed by atoms with Crippen LogP contribution in [-0.4, -0.2) is 58.9 Å². The van der Waals surface area contributed by atoms with Gasteiger partial charge in [-0.15, -0.1) is 0 Å². The lowest BCUT2D eigenvalue weighted by molar-refractivity contribution is -0.163. The van der Waals surface area contributed by atoms with Gasteiger partial charge in [0.1, 0.15) is 6.10 Å². The van der Waals surface area contributed by atoms with Crippen molar-refractivity contribution in [3.05, 3.63) is 24.3 Å². The van der Waals surface area contributed by atoms with E-state index in [-0.39, 0.29) is 25.9 Å². The summed E-state index contributed by atoms with van der Waals surface area (Å²) < 4.78 is 11.0. The molecule has 0 bridgehead atoms. The van der Waals surface area contributed by atoms with Crippen molar-refractivity contribution in [2.45, 2.75) is 31.5 Å². The lowest BCUT2D eigenvalue weighted by atomic mass is 9.90. The number of ether oxygens (including phenoxy) is 2. The quantitative estimate of drug-likeness (QED) is 0.836. The highest BCUT2D eigenvalue weighted by atomic mass is 16.5. The van der Waals surface area contributed by atoms with E-state index < -0.39 is 23.6 Å². The van der Waals surface area contributed by atoms with Gasteiger partial charge in [-0.2, -0.15) is 0 Å². The summed E-state index contributed by atoms with van der Waals surface area (Å²) >= 11 is 0. The van der Waals surface area contributed by atoms with Crippen LogP contribution < -0.4 is 9.47 Å². The third-order valence-electron chi connectivity index (χ3n) is 4.00. The predicted octanol–water partition coefficient (Wildman–Crippen LogP) is 0.901. The normalized spacial score (nSPS) is 18.1. The molecule has 7 nitrogen and oxygen atoms in total. The van der Waals surface area contributed by atoms with Crippen LogP contribution in [0.1, 0.15) is 19.8 Å². The lowest BCUT2D eigenvalue weighted by Crippen LogP contribution is -2.55. The van der Waals surface area contributed by atoms with Gasteiger partial charge in [0.05, 0.1) is 7.11 Å². The fourth-order valence-corrected chi connectivity index (χ4v) is 2.63. The van der Waals surface area contributed by atoms with E-state index in [0.717, 1.165) is 0 Å². The Morgan fingerprint density at radius 3 is 2.26 bits per heavy atom. The first kappa shape index (κ1) is 17.1. The van der Waals surface area contributed by atoms with E-state index in [1.807, 2.05) is 0 Å². The van der Waals surface area contributed by atoms with Crippen molar-refractivity contribution in [2.24, 2.45) is 0 Å². The number of carboxylic acid groups (broad SMARTS) is 1. The second-order valence-corrected chi connectivity index (χ2v) is 5.55. The first-order valence-corrected chi connectivity index (χ1v) is 7.42. The first-order valence-electron chi connectivity index (χ1n) is 7.42. The van der Waals surface area contributed by atoms with Gasteiger partial charge in [-0.3, -0.25) is 4.79 Å². The maximum atomic E-state index is 11.8. The van der Waals surface area contributed by atoms with Crippen LogP contribution in [0.15, 0.2) is 24.3 Å². The number of nitrogens with zero attached hydrogens (tertiary/aromatic N) is 1. The molecule has 1 aromatic carbocycles. The molecule has 1 aromatic rings. The molecule has 2 N–H and O–H groups in total. The number of piperidine rings is 1. The number of methoxy groups -OCH3 is 1. The number of likely N-dealkylation sites (tertiary alicyclic amines) is 1. The number of rotatable bonds is 5. The molecule has 0 saturated carbocycles.